The van der Waals surface area contributed by atoms with E-state index in [1.54, 1.807) is 6.07 Å². The first-order valence-electron chi connectivity index (χ1n) is 8.85. The van der Waals surface area contributed by atoms with Crippen molar-refractivity contribution < 1.29 is 4.79 Å². The Morgan fingerprint density at radius 1 is 1.19 bits per heavy atom. The number of fused-ring (bicyclic) bond motifs is 2. The zero-order valence-electron chi connectivity index (χ0n) is 14.1. The fourth-order valence-electron chi connectivity index (χ4n) is 3.24. The van der Waals surface area contributed by atoms with Crippen LogP contribution in [0.25, 0.3) is 16.7 Å². The molecule has 2 N–H and O–H groups in total. The van der Waals surface area contributed by atoms with Gasteiger partial charge in [-0.2, -0.15) is 0 Å². The fourth-order valence-corrected chi connectivity index (χ4v) is 3.24. The molecule has 1 fully saturated rings. The maximum Gasteiger partial charge on any atom is 0.255 e. The third-order valence-electron chi connectivity index (χ3n) is 4.73. The van der Waals surface area contributed by atoms with Crippen molar-refractivity contribution in [1.29, 1.82) is 0 Å². The van der Waals surface area contributed by atoms with Gasteiger partial charge in [-0.1, -0.05) is 12.1 Å². The smallest absolute Gasteiger partial charge is 0.255 e. The Labute approximate surface area is 149 Å². The summed E-state index contributed by atoms with van der Waals surface area (Å²) in [5.74, 6) is 2.16. The Hall–Kier alpha value is -3.22. The van der Waals surface area contributed by atoms with Crippen LogP contribution in [-0.2, 0) is 6.42 Å². The van der Waals surface area contributed by atoms with Gasteiger partial charge in [0.05, 0.1) is 16.6 Å². The standard InChI is InChI=1S/C19H18N6O/c26-19(20-10-9-16-21-14-5-1-2-6-15(14)22-16)13-4-3-11-25-17(12-7-8-12)23-24-18(13)25/h1-6,11-12H,7-10H2,(H,20,26)(H,21,22). The lowest BCUT2D eigenvalue weighted by atomic mass is 10.2. The third kappa shape index (κ3) is 2.61. The van der Waals surface area contributed by atoms with Crippen molar-refractivity contribution in [2.75, 3.05) is 6.54 Å². The summed E-state index contributed by atoms with van der Waals surface area (Å²) in [7, 11) is 0. The summed E-state index contributed by atoms with van der Waals surface area (Å²) < 4.78 is 1.94. The molecule has 130 valence electrons. The highest BCUT2D eigenvalue weighted by Crippen LogP contribution is 2.39. The molecule has 3 aromatic heterocycles. The number of amides is 1. The highest BCUT2D eigenvalue weighted by Gasteiger charge is 2.29. The Kier molecular flexibility index (Phi) is 3.44. The molecular formula is C19H18N6O. The summed E-state index contributed by atoms with van der Waals surface area (Å²) >= 11 is 0. The molecule has 7 heteroatoms. The largest absolute Gasteiger partial charge is 0.351 e. The van der Waals surface area contributed by atoms with Crippen molar-refractivity contribution in [3.63, 3.8) is 0 Å². The summed E-state index contributed by atoms with van der Waals surface area (Å²) in [5, 5.41) is 11.5. The van der Waals surface area contributed by atoms with E-state index in [0.29, 0.717) is 30.1 Å². The molecule has 1 aliphatic carbocycles. The highest BCUT2D eigenvalue weighted by atomic mass is 16.1. The highest BCUT2D eigenvalue weighted by molar-refractivity contribution is 5.99. The molecule has 7 nitrogen and oxygen atoms in total. The predicted molar refractivity (Wildman–Crippen MR) is 97.1 cm³/mol. The van der Waals surface area contributed by atoms with Crippen molar-refractivity contribution in [3.05, 3.63) is 59.8 Å². The van der Waals surface area contributed by atoms with E-state index in [1.165, 1.54) is 0 Å². The third-order valence-corrected chi connectivity index (χ3v) is 4.73. The second-order valence-corrected chi connectivity index (χ2v) is 6.65. The van der Waals surface area contributed by atoms with Crippen LogP contribution in [0.3, 0.4) is 0 Å². The number of aromatic nitrogens is 5. The molecule has 0 bridgehead atoms. The lowest BCUT2D eigenvalue weighted by molar-refractivity contribution is 0.0955. The molecule has 1 aliphatic rings. The van der Waals surface area contributed by atoms with Crippen LogP contribution in [0.1, 0.15) is 40.8 Å². The molecule has 1 saturated carbocycles. The first-order chi connectivity index (χ1) is 12.8. The summed E-state index contributed by atoms with van der Waals surface area (Å²) in [6, 6.07) is 11.6. The Balaban J connectivity index is 1.30. The monoisotopic (exact) mass is 346 g/mol. The van der Waals surface area contributed by atoms with E-state index in [9.17, 15) is 4.79 Å². The fraction of sp³-hybridized carbons (Fsp3) is 0.263. The van der Waals surface area contributed by atoms with Crippen LogP contribution in [0.5, 0.6) is 0 Å². The molecule has 0 unspecified atom stereocenters. The molecule has 1 aromatic carbocycles. The molecule has 0 saturated heterocycles. The van der Waals surface area contributed by atoms with Gasteiger partial charge in [0.2, 0.25) is 0 Å². The topological polar surface area (TPSA) is 88.0 Å². The van der Waals surface area contributed by atoms with Crippen LogP contribution < -0.4 is 5.32 Å². The zero-order valence-corrected chi connectivity index (χ0v) is 14.1. The number of carbonyl (C=O) groups excluding carboxylic acids is 1. The van der Waals surface area contributed by atoms with Gasteiger partial charge in [-0.05, 0) is 37.1 Å². The number of hydrogen-bond donors (Lipinski definition) is 2. The number of para-hydroxylation sites is 2. The van der Waals surface area contributed by atoms with E-state index in [-0.39, 0.29) is 5.91 Å². The van der Waals surface area contributed by atoms with Crippen molar-refractivity contribution in [1.82, 2.24) is 29.9 Å². The molecule has 26 heavy (non-hydrogen) atoms. The predicted octanol–water partition coefficient (Wildman–Crippen LogP) is 2.46. The molecule has 3 heterocycles. The lowest BCUT2D eigenvalue weighted by Crippen LogP contribution is -2.26. The van der Waals surface area contributed by atoms with Gasteiger partial charge in [0.15, 0.2) is 5.65 Å². The number of carbonyl (C=O) groups is 1. The summed E-state index contributed by atoms with van der Waals surface area (Å²) in [5.41, 5.74) is 3.12. The molecule has 0 radical (unpaired) electrons. The van der Waals surface area contributed by atoms with E-state index >= 15 is 0 Å². The van der Waals surface area contributed by atoms with Gasteiger partial charge in [-0.25, -0.2) is 4.98 Å². The maximum absolute atomic E-state index is 12.6. The molecule has 0 aliphatic heterocycles. The van der Waals surface area contributed by atoms with Crippen molar-refractivity contribution in [2.45, 2.75) is 25.2 Å². The molecular weight excluding hydrogens is 328 g/mol. The first kappa shape index (κ1) is 15.1. The number of rotatable bonds is 5. The number of nitrogens with one attached hydrogen (secondary N) is 2. The number of nitrogens with zero attached hydrogens (tertiary/aromatic N) is 4. The first-order valence-corrected chi connectivity index (χ1v) is 8.85. The zero-order chi connectivity index (χ0) is 17.5. The number of imidazole rings is 1. The number of pyridine rings is 1. The lowest BCUT2D eigenvalue weighted by Gasteiger charge is -2.05. The Morgan fingerprint density at radius 2 is 2.08 bits per heavy atom. The van der Waals surface area contributed by atoms with Crippen LogP contribution in [0.2, 0.25) is 0 Å². The molecule has 5 rings (SSSR count). The minimum atomic E-state index is -0.138. The maximum atomic E-state index is 12.6. The number of hydrogen-bond acceptors (Lipinski definition) is 4. The average molecular weight is 346 g/mol. The molecule has 1 amide bonds. The van der Waals surface area contributed by atoms with Crippen molar-refractivity contribution in [3.8, 4) is 0 Å². The van der Waals surface area contributed by atoms with Crippen molar-refractivity contribution >= 4 is 22.6 Å². The van der Waals surface area contributed by atoms with Gasteiger partial charge >= 0.3 is 0 Å². The summed E-state index contributed by atoms with van der Waals surface area (Å²) in [4.78, 5) is 20.4. The van der Waals surface area contributed by atoms with E-state index in [4.69, 9.17) is 0 Å². The second kappa shape index (κ2) is 5.94. The second-order valence-electron chi connectivity index (χ2n) is 6.65. The quantitative estimate of drug-likeness (QED) is 0.581. The minimum Gasteiger partial charge on any atom is -0.351 e. The van der Waals surface area contributed by atoms with Gasteiger partial charge in [0, 0.05) is 25.1 Å². The van der Waals surface area contributed by atoms with Crippen LogP contribution in [0, 0.1) is 0 Å². The Morgan fingerprint density at radius 3 is 2.92 bits per heavy atom. The average Bonchev–Trinajstić information content (AvgIpc) is 3.27. The van der Waals surface area contributed by atoms with E-state index in [0.717, 1.165) is 35.5 Å². The van der Waals surface area contributed by atoms with E-state index in [2.05, 4.69) is 25.5 Å². The van der Waals surface area contributed by atoms with Crippen molar-refractivity contribution in [2.24, 2.45) is 0 Å². The summed E-state index contributed by atoms with van der Waals surface area (Å²) in [6.45, 7) is 0.503. The SMILES string of the molecule is O=C(NCCc1nc2ccccc2[nH]1)c1cccn2c(C3CC3)nnc12. The normalized spacial score (nSPS) is 14.2. The number of aromatic amines is 1. The number of H-pyrrole nitrogens is 1. The van der Waals surface area contributed by atoms with Crippen LogP contribution in [0.4, 0.5) is 0 Å². The van der Waals surface area contributed by atoms with Gasteiger partial charge in [0.1, 0.15) is 11.6 Å². The van der Waals surface area contributed by atoms with Gasteiger partial charge in [-0.15, -0.1) is 10.2 Å². The van der Waals surface area contributed by atoms with E-state index in [1.807, 2.05) is 40.9 Å². The minimum absolute atomic E-state index is 0.138. The van der Waals surface area contributed by atoms with Gasteiger partial charge in [0.25, 0.3) is 5.91 Å². The van der Waals surface area contributed by atoms with Gasteiger partial charge in [-0.3, -0.25) is 9.20 Å². The molecule has 0 atom stereocenters. The van der Waals surface area contributed by atoms with Crippen LogP contribution in [-0.4, -0.2) is 37.0 Å². The van der Waals surface area contributed by atoms with Gasteiger partial charge < -0.3 is 10.3 Å². The Bertz CT molecular complexity index is 1070. The molecule has 0 spiro atoms. The van der Waals surface area contributed by atoms with Crippen LogP contribution >= 0.6 is 0 Å². The summed E-state index contributed by atoms with van der Waals surface area (Å²) in [6.07, 6.45) is 4.86. The number of benzene rings is 1. The molecule has 4 aromatic rings. The van der Waals surface area contributed by atoms with Crippen LogP contribution in [0.15, 0.2) is 42.6 Å². The van der Waals surface area contributed by atoms with E-state index < -0.39 is 0 Å².